The maximum Gasteiger partial charge on any atom is 0.160 e. The van der Waals surface area contributed by atoms with Crippen molar-refractivity contribution in [1.82, 2.24) is 0 Å². The van der Waals surface area contributed by atoms with Crippen molar-refractivity contribution < 1.29 is 4.79 Å². The van der Waals surface area contributed by atoms with Gasteiger partial charge >= 0.3 is 0 Å². The monoisotopic (exact) mass is 1020 g/mol. The van der Waals surface area contributed by atoms with Crippen LogP contribution in [0.2, 0.25) is 0 Å². The highest BCUT2D eigenvalue weighted by atomic mass is 79.9. The summed E-state index contributed by atoms with van der Waals surface area (Å²) in [6.07, 6.45) is 31.0. The molecule has 2 nitrogen and oxygen atoms in total. The second-order valence-corrected chi connectivity index (χ2v) is 23.4. The molecular weight excluding hydrogens is 951 g/mol. The van der Waals surface area contributed by atoms with Gasteiger partial charge in [-0.05, 0) is 154 Å². The molecule has 3 aromatic heterocycles. The molecular formula is C62H66BrNOS3. The second kappa shape index (κ2) is 21.6. The van der Waals surface area contributed by atoms with E-state index in [1.807, 2.05) is 17.4 Å². The predicted molar refractivity (Wildman–Crippen MR) is 302 cm³/mol. The van der Waals surface area contributed by atoms with E-state index in [4.69, 9.17) is 0 Å². The van der Waals surface area contributed by atoms with Gasteiger partial charge in [0.2, 0.25) is 0 Å². The molecule has 3 aliphatic rings. The summed E-state index contributed by atoms with van der Waals surface area (Å²) in [6.45, 7) is 11.5. The van der Waals surface area contributed by atoms with Gasteiger partial charge in [0.1, 0.15) is 0 Å². The van der Waals surface area contributed by atoms with Crippen LogP contribution in [0.25, 0.3) is 41.8 Å². The van der Waals surface area contributed by atoms with Crippen LogP contribution in [0.4, 0.5) is 5.69 Å². The maximum atomic E-state index is 11.5. The molecule has 68 heavy (non-hydrogen) atoms. The van der Waals surface area contributed by atoms with Gasteiger partial charge in [-0.2, -0.15) is 0 Å². The van der Waals surface area contributed by atoms with E-state index < -0.39 is 0 Å². The van der Waals surface area contributed by atoms with Crippen molar-refractivity contribution in [3.63, 3.8) is 0 Å². The lowest BCUT2D eigenvalue weighted by Crippen LogP contribution is -2.28. The van der Waals surface area contributed by atoms with Crippen molar-refractivity contribution >= 4 is 73.1 Å². The quantitative estimate of drug-likeness (QED) is 0.0575. The molecule has 1 N–H and O–H groups in total. The van der Waals surface area contributed by atoms with E-state index in [-0.39, 0.29) is 10.8 Å². The van der Waals surface area contributed by atoms with Gasteiger partial charge in [0.15, 0.2) is 6.29 Å². The number of rotatable bonds is 21. The molecule has 1 atom stereocenters. The zero-order valence-electron chi connectivity index (χ0n) is 40.6. The molecule has 0 amide bonds. The minimum Gasteiger partial charge on any atom is -0.359 e. The van der Waals surface area contributed by atoms with Crippen LogP contribution in [0.1, 0.15) is 155 Å². The Morgan fingerprint density at radius 1 is 0.676 bits per heavy atom. The van der Waals surface area contributed by atoms with Crippen LogP contribution >= 0.6 is 49.9 Å². The third kappa shape index (κ3) is 9.52. The zero-order valence-corrected chi connectivity index (χ0v) is 44.6. The number of halogens is 1. The zero-order chi connectivity index (χ0) is 47.3. The lowest BCUT2D eigenvalue weighted by atomic mass is 9.67. The van der Waals surface area contributed by atoms with Crippen molar-refractivity contribution in [3.8, 4) is 30.6 Å². The van der Waals surface area contributed by atoms with E-state index in [1.54, 1.807) is 33.8 Å². The summed E-state index contributed by atoms with van der Waals surface area (Å²) in [5, 5.41) is 3.85. The highest BCUT2D eigenvalue weighted by Crippen LogP contribution is 2.57. The molecule has 350 valence electrons. The van der Waals surface area contributed by atoms with E-state index >= 15 is 0 Å². The molecule has 0 spiro atoms. The number of thiophene rings is 3. The maximum absolute atomic E-state index is 11.5. The van der Waals surface area contributed by atoms with Crippen LogP contribution in [0.15, 0.2) is 149 Å². The number of unbranched alkanes of at least 4 members (excludes halogenated alkanes) is 4. The van der Waals surface area contributed by atoms with Gasteiger partial charge in [0.25, 0.3) is 0 Å². The first-order chi connectivity index (χ1) is 33.2. The topological polar surface area (TPSA) is 29.1 Å². The Morgan fingerprint density at radius 2 is 1.29 bits per heavy atom. The number of nitrogens with one attached hydrogen (secondary N) is 1. The van der Waals surface area contributed by atoms with Crippen LogP contribution < -0.4 is 5.32 Å². The first kappa shape index (κ1) is 48.4. The standard InChI is InChI=1S/C62H66BrNOS3/c1-6-10-34-61(35-11-7-2)51-20-16-14-18-47(51)49-29-24-43(38-53(49)61)23-26-44(59-40-55(63)60(68-59)58-33-32-57(67-58)56-31-28-46(41-65)66-56)25-22-42(5)64-45-27-30-50-48-19-15-17-21-52(48)62(36-12-8-3,37-13-9-4)54(50)39-45/h14-33,39-41,43,64H,6-13,34-38H2,1-5H3/b26-23-,42-22+,44-25+. The highest BCUT2D eigenvalue weighted by Gasteiger charge is 2.45. The number of benzene rings is 3. The van der Waals surface area contributed by atoms with Crippen LogP contribution in [-0.4, -0.2) is 6.29 Å². The van der Waals surface area contributed by atoms with Gasteiger partial charge in [-0.15, -0.1) is 34.0 Å². The summed E-state index contributed by atoms with van der Waals surface area (Å²) < 4.78 is 1.10. The molecule has 9 rings (SSSR count). The van der Waals surface area contributed by atoms with Crippen LogP contribution in [0, 0.1) is 5.92 Å². The Balaban J connectivity index is 1.05. The molecule has 1 unspecified atom stereocenters. The molecule has 0 fully saturated rings. The molecule has 6 aromatic rings. The largest absolute Gasteiger partial charge is 0.359 e. The predicted octanol–water partition coefficient (Wildman–Crippen LogP) is 20.0. The Hall–Kier alpha value is -4.59. The second-order valence-electron chi connectivity index (χ2n) is 19.3. The van der Waals surface area contributed by atoms with Crippen LogP contribution in [0.3, 0.4) is 0 Å². The van der Waals surface area contributed by atoms with Gasteiger partial charge in [-0.25, -0.2) is 0 Å². The number of allylic oxidation sites excluding steroid dienone is 10. The van der Waals surface area contributed by atoms with E-state index in [2.05, 4.69) is 183 Å². The summed E-state index contributed by atoms with van der Waals surface area (Å²) in [4.78, 5) is 18.2. The van der Waals surface area contributed by atoms with Crippen molar-refractivity contribution in [3.05, 3.63) is 181 Å². The van der Waals surface area contributed by atoms with E-state index in [1.165, 1.54) is 136 Å². The summed E-state index contributed by atoms with van der Waals surface area (Å²) >= 11 is 9.18. The van der Waals surface area contributed by atoms with Gasteiger partial charge in [-0.1, -0.05) is 170 Å². The lowest BCUT2D eigenvalue weighted by Gasteiger charge is -2.36. The smallest absolute Gasteiger partial charge is 0.160 e. The Bertz CT molecular complexity index is 2910. The number of anilines is 1. The fourth-order valence-corrected chi connectivity index (χ4v) is 15.5. The summed E-state index contributed by atoms with van der Waals surface area (Å²) in [7, 11) is 0. The number of hydrogen-bond acceptors (Lipinski definition) is 5. The molecule has 0 saturated carbocycles. The molecule has 3 aromatic carbocycles. The number of carbonyl (C=O) groups is 1. The number of carbonyl (C=O) groups excluding carboxylic acids is 1. The molecule has 0 aliphatic heterocycles. The normalized spacial score (nSPS) is 16.9. The van der Waals surface area contributed by atoms with Crippen molar-refractivity contribution in [2.75, 3.05) is 5.32 Å². The number of aldehydes is 1. The van der Waals surface area contributed by atoms with Crippen molar-refractivity contribution in [2.24, 2.45) is 5.92 Å². The van der Waals surface area contributed by atoms with Crippen LogP contribution in [0.5, 0.6) is 0 Å². The third-order valence-corrected chi connectivity index (χ3v) is 19.4. The summed E-state index contributed by atoms with van der Waals surface area (Å²) in [6, 6.07) is 36.3. The fourth-order valence-electron chi connectivity index (χ4n) is 11.4. The molecule has 0 saturated heterocycles. The molecule has 3 aliphatic carbocycles. The van der Waals surface area contributed by atoms with Crippen LogP contribution in [-0.2, 0) is 10.8 Å². The molecule has 6 heteroatoms. The van der Waals surface area contributed by atoms with Crippen molar-refractivity contribution in [1.29, 1.82) is 0 Å². The van der Waals surface area contributed by atoms with Gasteiger partial charge in [-0.3, -0.25) is 4.79 Å². The molecule has 0 radical (unpaired) electrons. The number of hydrogen-bond donors (Lipinski definition) is 1. The van der Waals surface area contributed by atoms with Gasteiger partial charge in [0, 0.05) is 46.2 Å². The SMILES string of the molecule is CCCCC1(CCCC)C2=C(C=CC(\C=C/C(=C\C=C(/C)Nc3ccc4c(c3)C(CCCC)(CCCC)c3ccccc3-4)c3cc(Br)c(-c4ccc(-c5ccc(C=O)s5)s4)s3)C2)c2ccccc21. The average Bonchev–Trinajstić information content (AvgIpc) is 4.21. The first-order valence-electron chi connectivity index (χ1n) is 25.3. The average molecular weight is 1020 g/mol. The Labute approximate surface area is 426 Å². The molecule has 3 heterocycles. The Kier molecular flexibility index (Phi) is 15.4. The minimum absolute atomic E-state index is 0.0538. The fraction of sp³-hybridized carbons (Fsp3) is 0.339. The number of fused-ring (bicyclic) bond motifs is 5. The third-order valence-electron chi connectivity index (χ3n) is 14.8. The highest BCUT2D eigenvalue weighted by molar-refractivity contribution is 9.10. The lowest BCUT2D eigenvalue weighted by molar-refractivity contribution is 0.112. The van der Waals surface area contributed by atoms with E-state index in [0.29, 0.717) is 5.92 Å². The molecule has 0 bridgehead atoms. The van der Waals surface area contributed by atoms with E-state index in [9.17, 15) is 4.79 Å². The van der Waals surface area contributed by atoms with Gasteiger partial charge < -0.3 is 5.32 Å². The Morgan fingerprint density at radius 3 is 1.99 bits per heavy atom. The summed E-state index contributed by atoms with van der Waals surface area (Å²) in [5.74, 6) is 0.304. The van der Waals surface area contributed by atoms with Crippen molar-refractivity contribution in [2.45, 2.75) is 129 Å². The first-order valence-corrected chi connectivity index (χ1v) is 28.5. The van der Waals surface area contributed by atoms with E-state index in [0.717, 1.165) is 38.3 Å². The summed E-state index contributed by atoms with van der Waals surface area (Å²) in [5.41, 5.74) is 15.6. The minimum atomic E-state index is 0.0538. The van der Waals surface area contributed by atoms with Gasteiger partial charge in [0.05, 0.1) is 9.75 Å².